The minimum Gasteiger partial charge on any atom is -0.478 e. The van der Waals surface area contributed by atoms with Gasteiger partial charge in [-0.3, -0.25) is 0 Å². The SMILES string of the molecule is CC/C=C\C(Br)=C1\OCCCN1C. The highest BCUT2D eigenvalue weighted by atomic mass is 79.9. The van der Waals surface area contributed by atoms with Crippen molar-refractivity contribution < 1.29 is 4.74 Å². The van der Waals surface area contributed by atoms with Gasteiger partial charge in [-0.15, -0.1) is 0 Å². The number of hydrogen-bond donors (Lipinski definition) is 0. The third-order valence-corrected chi connectivity index (χ3v) is 2.53. The van der Waals surface area contributed by atoms with Crippen molar-refractivity contribution in [3.63, 3.8) is 0 Å². The van der Waals surface area contributed by atoms with E-state index in [1.54, 1.807) is 0 Å². The highest BCUT2D eigenvalue weighted by Crippen LogP contribution is 2.21. The fraction of sp³-hybridized carbons (Fsp3) is 0.600. The summed E-state index contributed by atoms with van der Waals surface area (Å²) in [5.41, 5.74) is 0. The van der Waals surface area contributed by atoms with Crippen LogP contribution in [0.2, 0.25) is 0 Å². The van der Waals surface area contributed by atoms with Gasteiger partial charge in [0.25, 0.3) is 0 Å². The van der Waals surface area contributed by atoms with Crippen molar-refractivity contribution >= 4 is 15.9 Å². The van der Waals surface area contributed by atoms with Crippen molar-refractivity contribution in [1.82, 2.24) is 4.90 Å². The van der Waals surface area contributed by atoms with Gasteiger partial charge in [0, 0.05) is 13.6 Å². The van der Waals surface area contributed by atoms with E-state index < -0.39 is 0 Å². The minimum absolute atomic E-state index is 0.828. The largest absolute Gasteiger partial charge is 0.478 e. The second-order valence-corrected chi connectivity index (χ2v) is 3.94. The lowest BCUT2D eigenvalue weighted by Crippen LogP contribution is -2.27. The first kappa shape index (κ1) is 10.6. The van der Waals surface area contributed by atoms with Gasteiger partial charge in [0.15, 0.2) is 0 Å². The zero-order valence-electron chi connectivity index (χ0n) is 8.22. The van der Waals surface area contributed by atoms with E-state index in [1.165, 1.54) is 0 Å². The lowest BCUT2D eigenvalue weighted by atomic mass is 10.3. The van der Waals surface area contributed by atoms with E-state index in [0.29, 0.717) is 0 Å². The topological polar surface area (TPSA) is 12.5 Å². The first-order valence-corrected chi connectivity index (χ1v) is 5.45. The Bertz CT molecular complexity index is 223. The summed E-state index contributed by atoms with van der Waals surface area (Å²) >= 11 is 3.51. The molecule has 2 nitrogen and oxygen atoms in total. The van der Waals surface area contributed by atoms with Crippen LogP contribution in [0.1, 0.15) is 19.8 Å². The van der Waals surface area contributed by atoms with Crippen LogP contribution in [0.4, 0.5) is 0 Å². The lowest BCUT2D eigenvalue weighted by Gasteiger charge is -2.28. The summed E-state index contributed by atoms with van der Waals surface area (Å²) in [6.45, 7) is 4.02. The number of ether oxygens (including phenoxy) is 1. The van der Waals surface area contributed by atoms with Crippen LogP contribution < -0.4 is 0 Å². The van der Waals surface area contributed by atoms with Gasteiger partial charge in [0.1, 0.15) is 0 Å². The molecule has 0 aliphatic carbocycles. The van der Waals surface area contributed by atoms with Crippen LogP contribution >= 0.6 is 15.9 Å². The summed E-state index contributed by atoms with van der Waals surface area (Å²) in [7, 11) is 2.05. The van der Waals surface area contributed by atoms with Gasteiger partial charge in [0.2, 0.25) is 5.88 Å². The molecule has 0 N–H and O–H groups in total. The summed E-state index contributed by atoms with van der Waals surface area (Å²) in [6, 6.07) is 0. The minimum atomic E-state index is 0.828. The number of nitrogens with zero attached hydrogens (tertiary/aromatic N) is 1. The van der Waals surface area contributed by atoms with Crippen molar-refractivity contribution in [2.45, 2.75) is 19.8 Å². The molecule has 0 radical (unpaired) electrons. The molecule has 0 aromatic rings. The Labute approximate surface area is 88.4 Å². The summed E-state index contributed by atoms with van der Waals surface area (Å²) in [6.07, 6.45) is 6.32. The van der Waals surface area contributed by atoms with Gasteiger partial charge in [-0.1, -0.05) is 13.0 Å². The third kappa shape index (κ3) is 3.07. The summed E-state index contributed by atoms with van der Waals surface area (Å²) in [5, 5.41) is 0. The van der Waals surface area contributed by atoms with Crippen LogP contribution in [0.15, 0.2) is 22.5 Å². The first-order chi connectivity index (χ1) is 6.25. The molecule has 0 amide bonds. The highest BCUT2D eigenvalue weighted by molar-refractivity contribution is 9.11. The molecule has 1 saturated heterocycles. The van der Waals surface area contributed by atoms with E-state index in [0.717, 1.165) is 36.4 Å². The molecule has 1 aliphatic rings. The quantitative estimate of drug-likeness (QED) is 0.742. The van der Waals surface area contributed by atoms with Crippen LogP contribution in [0, 0.1) is 0 Å². The summed E-state index contributed by atoms with van der Waals surface area (Å²) in [4.78, 5) is 2.13. The Hall–Kier alpha value is -0.440. The average molecular weight is 246 g/mol. The smallest absolute Gasteiger partial charge is 0.203 e. The standard InChI is InChI=1S/C10H16BrNO/c1-3-4-6-9(11)10-12(2)7-5-8-13-10/h4,6H,3,5,7-8H2,1-2H3/b6-4-,10-9-. The number of rotatable bonds is 2. The Balaban J connectivity index is 2.69. The molecule has 1 rings (SSSR count). The molecule has 0 bridgehead atoms. The average Bonchev–Trinajstić information content (AvgIpc) is 2.15. The van der Waals surface area contributed by atoms with Crippen molar-refractivity contribution in [2.24, 2.45) is 0 Å². The van der Waals surface area contributed by atoms with Gasteiger partial charge in [-0.25, -0.2) is 0 Å². The van der Waals surface area contributed by atoms with Crippen LogP contribution in [-0.2, 0) is 4.74 Å². The molecule has 0 unspecified atom stereocenters. The molecule has 0 saturated carbocycles. The fourth-order valence-electron chi connectivity index (χ4n) is 1.23. The molecule has 1 aliphatic heterocycles. The van der Waals surface area contributed by atoms with E-state index >= 15 is 0 Å². The maximum atomic E-state index is 5.56. The molecule has 3 heteroatoms. The van der Waals surface area contributed by atoms with Gasteiger partial charge < -0.3 is 9.64 Å². The number of allylic oxidation sites excluding steroid dienone is 3. The zero-order chi connectivity index (χ0) is 9.68. The Morgan fingerprint density at radius 1 is 1.69 bits per heavy atom. The molecule has 0 aromatic carbocycles. The van der Waals surface area contributed by atoms with Crippen molar-refractivity contribution in [3.05, 3.63) is 22.5 Å². The molecule has 0 aromatic heterocycles. The van der Waals surface area contributed by atoms with Gasteiger partial charge >= 0.3 is 0 Å². The van der Waals surface area contributed by atoms with E-state index in [1.807, 2.05) is 0 Å². The first-order valence-electron chi connectivity index (χ1n) is 4.66. The van der Waals surface area contributed by atoms with Gasteiger partial charge in [0.05, 0.1) is 11.1 Å². The molecular formula is C10H16BrNO. The maximum absolute atomic E-state index is 5.56. The summed E-state index contributed by atoms with van der Waals surface area (Å²) in [5.74, 6) is 0.955. The van der Waals surface area contributed by atoms with Crippen molar-refractivity contribution in [3.8, 4) is 0 Å². The third-order valence-electron chi connectivity index (χ3n) is 1.93. The Morgan fingerprint density at radius 3 is 3.08 bits per heavy atom. The maximum Gasteiger partial charge on any atom is 0.203 e. The predicted molar refractivity (Wildman–Crippen MR) is 58.6 cm³/mol. The van der Waals surface area contributed by atoms with Gasteiger partial charge in [-0.05, 0) is 34.8 Å². The monoisotopic (exact) mass is 245 g/mol. The van der Waals surface area contributed by atoms with Gasteiger partial charge in [-0.2, -0.15) is 0 Å². The predicted octanol–water partition coefficient (Wildman–Crippen LogP) is 2.87. The molecule has 13 heavy (non-hydrogen) atoms. The number of halogens is 1. The fourth-order valence-corrected chi connectivity index (χ4v) is 1.83. The zero-order valence-corrected chi connectivity index (χ0v) is 9.80. The lowest BCUT2D eigenvalue weighted by molar-refractivity contribution is 0.0795. The second-order valence-electron chi connectivity index (χ2n) is 3.09. The van der Waals surface area contributed by atoms with Crippen LogP contribution in [0.3, 0.4) is 0 Å². The molecular weight excluding hydrogens is 230 g/mol. The second kappa shape index (κ2) is 5.32. The molecule has 1 heterocycles. The molecule has 1 fully saturated rings. The Kier molecular flexibility index (Phi) is 4.36. The Morgan fingerprint density at radius 2 is 2.46 bits per heavy atom. The van der Waals surface area contributed by atoms with E-state index in [2.05, 4.69) is 47.0 Å². The molecule has 74 valence electrons. The van der Waals surface area contributed by atoms with Crippen LogP contribution in [-0.4, -0.2) is 25.1 Å². The normalized spacial score (nSPS) is 21.9. The van der Waals surface area contributed by atoms with Crippen LogP contribution in [0.25, 0.3) is 0 Å². The molecule has 0 spiro atoms. The van der Waals surface area contributed by atoms with E-state index in [4.69, 9.17) is 4.74 Å². The highest BCUT2D eigenvalue weighted by Gasteiger charge is 2.14. The van der Waals surface area contributed by atoms with E-state index in [9.17, 15) is 0 Å². The van der Waals surface area contributed by atoms with Crippen molar-refractivity contribution in [2.75, 3.05) is 20.2 Å². The van der Waals surface area contributed by atoms with E-state index in [-0.39, 0.29) is 0 Å². The summed E-state index contributed by atoms with van der Waals surface area (Å²) < 4.78 is 6.59. The number of hydrogen-bond acceptors (Lipinski definition) is 2. The molecule has 0 atom stereocenters. The van der Waals surface area contributed by atoms with Crippen LogP contribution in [0.5, 0.6) is 0 Å². The van der Waals surface area contributed by atoms with Crippen molar-refractivity contribution in [1.29, 1.82) is 0 Å².